The lowest BCUT2D eigenvalue weighted by atomic mass is 9.73. The Morgan fingerprint density at radius 2 is 1.77 bits per heavy atom. The second kappa shape index (κ2) is 6.04. The van der Waals surface area contributed by atoms with Gasteiger partial charge in [0.05, 0.1) is 0 Å². The van der Waals surface area contributed by atoms with E-state index < -0.39 is 0 Å². The lowest BCUT2D eigenvalue weighted by Gasteiger charge is -2.42. The van der Waals surface area contributed by atoms with Crippen molar-refractivity contribution in [1.29, 1.82) is 0 Å². The van der Waals surface area contributed by atoms with Crippen molar-refractivity contribution in [1.82, 2.24) is 9.80 Å². The quantitative estimate of drug-likeness (QED) is 0.796. The number of amides is 1. The second-order valence-electron chi connectivity index (χ2n) is 7.60. The third-order valence-corrected chi connectivity index (χ3v) is 5.42. The molecule has 1 aromatic rings. The van der Waals surface area contributed by atoms with Crippen molar-refractivity contribution in [2.45, 2.75) is 39.7 Å². The summed E-state index contributed by atoms with van der Waals surface area (Å²) < 4.78 is 0. The van der Waals surface area contributed by atoms with E-state index in [9.17, 15) is 4.79 Å². The molecule has 1 saturated heterocycles. The summed E-state index contributed by atoms with van der Waals surface area (Å²) >= 11 is 0. The molecule has 2 heterocycles. The van der Waals surface area contributed by atoms with Gasteiger partial charge in [0, 0.05) is 19.0 Å². The molecule has 0 N–H and O–H groups in total. The number of hydrogen-bond acceptors (Lipinski definition) is 2. The lowest BCUT2D eigenvalue weighted by Crippen LogP contribution is -2.47. The third-order valence-electron chi connectivity index (χ3n) is 5.42. The Labute approximate surface area is 134 Å². The van der Waals surface area contributed by atoms with Gasteiger partial charge >= 0.3 is 0 Å². The van der Waals surface area contributed by atoms with Gasteiger partial charge in [-0.15, -0.1) is 0 Å². The van der Waals surface area contributed by atoms with Crippen LogP contribution in [0.5, 0.6) is 0 Å². The van der Waals surface area contributed by atoms with Gasteiger partial charge in [-0.25, -0.2) is 0 Å². The predicted octanol–water partition coefficient (Wildman–Crippen LogP) is 2.94. The van der Waals surface area contributed by atoms with Gasteiger partial charge in [0.2, 0.25) is 5.91 Å². The summed E-state index contributed by atoms with van der Waals surface area (Å²) in [6.45, 7) is 8.02. The van der Waals surface area contributed by atoms with Crippen LogP contribution in [-0.2, 0) is 17.8 Å². The zero-order valence-corrected chi connectivity index (χ0v) is 14.1. The predicted molar refractivity (Wildman–Crippen MR) is 89.6 cm³/mol. The molecule has 0 aliphatic carbocycles. The number of carbonyl (C=O) groups excluding carboxylic acids is 1. The Morgan fingerprint density at radius 3 is 2.41 bits per heavy atom. The highest BCUT2D eigenvalue weighted by Gasteiger charge is 2.39. The summed E-state index contributed by atoms with van der Waals surface area (Å²) in [6.07, 6.45) is 3.51. The zero-order valence-electron chi connectivity index (χ0n) is 14.1. The molecule has 2 aliphatic heterocycles. The van der Waals surface area contributed by atoms with Gasteiger partial charge in [-0.1, -0.05) is 38.1 Å². The molecule has 1 spiro atoms. The fourth-order valence-corrected chi connectivity index (χ4v) is 3.96. The first kappa shape index (κ1) is 15.5. The molecule has 0 atom stereocenters. The number of hydrogen-bond donors (Lipinski definition) is 0. The average Bonchev–Trinajstić information content (AvgIpc) is 2.66. The van der Waals surface area contributed by atoms with E-state index in [2.05, 4.69) is 41.1 Å². The number of piperidine rings is 1. The normalized spacial score (nSPS) is 21.7. The lowest BCUT2D eigenvalue weighted by molar-refractivity contribution is -0.137. The van der Waals surface area contributed by atoms with E-state index in [1.54, 1.807) is 0 Å². The highest BCUT2D eigenvalue weighted by molar-refractivity contribution is 5.78. The van der Waals surface area contributed by atoms with Crippen LogP contribution < -0.4 is 0 Å². The van der Waals surface area contributed by atoms with E-state index >= 15 is 0 Å². The Morgan fingerprint density at radius 1 is 1.14 bits per heavy atom. The minimum Gasteiger partial charge on any atom is -0.338 e. The van der Waals surface area contributed by atoms with Crippen molar-refractivity contribution < 1.29 is 4.79 Å². The van der Waals surface area contributed by atoms with E-state index in [-0.39, 0.29) is 11.3 Å². The molecule has 0 aromatic heterocycles. The molecule has 3 heteroatoms. The molecule has 2 aliphatic rings. The highest BCUT2D eigenvalue weighted by Crippen LogP contribution is 2.39. The monoisotopic (exact) mass is 300 g/mol. The number of likely N-dealkylation sites (tertiary alicyclic amines) is 1. The van der Waals surface area contributed by atoms with Crippen LogP contribution in [0.25, 0.3) is 0 Å². The zero-order chi connectivity index (χ0) is 15.7. The Kier molecular flexibility index (Phi) is 4.26. The van der Waals surface area contributed by atoms with Crippen molar-refractivity contribution >= 4 is 5.91 Å². The van der Waals surface area contributed by atoms with Gasteiger partial charge in [0.25, 0.3) is 0 Å². The summed E-state index contributed by atoms with van der Waals surface area (Å²) in [7, 11) is 2.20. The molecular formula is C19H28N2O. The molecule has 22 heavy (non-hydrogen) atoms. The van der Waals surface area contributed by atoms with Gasteiger partial charge in [-0.2, -0.15) is 0 Å². The number of carbonyl (C=O) groups is 1. The first-order chi connectivity index (χ1) is 10.5. The Hall–Kier alpha value is -1.35. The van der Waals surface area contributed by atoms with Crippen molar-refractivity contribution in [3.05, 3.63) is 35.4 Å². The van der Waals surface area contributed by atoms with Crippen molar-refractivity contribution in [2.24, 2.45) is 11.3 Å². The molecule has 1 amide bonds. The molecule has 0 radical (unpaired) electrons. The van der Waals surface area contributed by atoms with Crippen molar-refractivity contribution in [2.75, 3.05) is 26.7 Å². The maximum Gasteiger partial charge on any atom is 0.225 e. The number of nitrogens with zero attached hydrogens (tertiary/aromatic N) is 2. The number of benzene rings is 1. The molecule has 0 unspecified atom stereocenters. The minimum absolute atomic E-state index is 0.0774. The van der Waals surface area contributed by atoms with Gasteiger partial charge in [0.15, 0.2) is 0 Å². The van der Waals surface area contributed by atoms with Crippen LogP contribution in [0.4, 0.5) is 0 Å². The van der Waals surface area contributed by atoms with Crippen LogP contribution in [0.3, 0.4) is 0 Å². The molecule has 0 bridgehead atoms. The largest absolute Gasteiger partial charge is 0.338 e. The van der Waals surface area contributed by atoms with Gasteiger partial charge < -0.3 is 9.80 Å². The summed E-state index contributed by atoms with van der Waals surface area (Å²) in [6, 6.07) is 8.70. The van der Waals surface area contributed by atoms with E-state index in [0.29, 0.717) is 5.91 Å². The smallest absolute Gasteiger partial charge is 0.225 e. The SMILES string of the molecule is CC(C)C(=O)N1Cc2ccccc2CC2(CCN(C)CC2)C1. The van der Waals surface area contributed by atoms with Gasteiger partial charge in [-0.05, 0) is 55.9 Å². The fourth-order valence-electron chi connectivity index (χ4n) is 3.96. The summed E-state index contributed by atoms with van der Waals surface area (Å²) in [5.41, 5.74) is 3.06. The van der Waals surface area contributed by atoms with Crippen LogP contribution >= 0.6 is 0 Å². The van der Waals surface area contributed by atoms with Crippen LogP contribution in [0, 0.1) is 11.3 Å². The molecule has 1 fully saturated rings. The van der Waals surface area contributed by atoms with Crippen LogP contribution in [0.1, 0.15) is 37.8 Å². The number of rotatable bonds is 1. The topological polar surface area (TPSA) is 23.6 Å². The van der Waals surface area contributed by atoms with Crippen LogP contribution in [-0.4, -0.2) is 42.4 Å². The summed E-state index contributed by atoms with van der Waals surface area (Å²) in [5, 5.41) is 0. The third kappa shape index (κ3) is 3.05. The maximum atomic E-state index is 12.7. The minimum atomic E-state index is 0.0774. The van der Waals surface area contributed by atoms with Crippen molar-refractivity contribution in [3.63, 3.8) is 0 Å². The first-order valence-electron chi connectivity index (χ1n) is 8.53. The first-order valence-corrected chi connectivity index (χ1v) is 8.53. The standard InChI is InChI=1S/C19H28N2O/c1-15(2)18(22)21-13-17-7-5-4-6-16(17)12-19(14-21)8-10-20(3)11-9-19/h4-7,15H,8-14H2,1-3H3. The molecule has 1 aromatic carbocycles. The Balaban J connectivity index is 1.93. The van der Waals surface area contributed by atoms with E-state index in [0.717, 1.165) is 32.6 Å². The van der Waals surface area contributed by atoms with Gasteiger partial charge in [-0.3, -0.25) is 4.79 Å². The highest BCUT2D eigenvalue weighted by atomic mass is 16.2. The molecule has 0 saturated carbocycles. The molecule has 120 valence electrons. The van der Waals surface area contributed by atoms with Crippen molar-refractivity contribution in [3.8, 4) is 0 Å². The van der Waals surface area contributed by atoms with Crippen LogP contribution in [0.2, 0.25) is 0 Å². The molecular weight excluding hydrogens is 272 g/mol. The van der Waals surface area contributed by atoms with Gasteiger partial charge in [0.1, 0.15) is 0 Å². The number of fused-ring (bicyclic) bond motifs is 1. The average molecular weight is 300 g/mol. The molecule has 3 rings (SSSR count). The summed E-state index contributed by atoms with van der Waals surface area (Å²) in [4.78, 5) is 17.2. The van der Waals surface area contributed by atoms with E-state index in [1.807, 2.05) is 13.8 Å². The second-order valence-corrected chi connectivity index (χ2v) is 7.60. The molecule has 3 nitrogen and oxygen atoms in total. The Bertz CT molecular complexity index is 544. The summed E-state index contributed by atoms with van der Waals surface area (Å²) in [5.74, 6) is 0.378. The fraction of sp³-hybridized carbons (Fsp3) is 0.632. The van der Waals surface area contributed by atoms with E-state index in [4.69, 9.17) is 0 Å². The van der Waals surface area contributed by atoms with E-state index in [1.165, 1.54) is 24.0 Å². The maximum absolute atomic E-state index is 12.7. The van der Waals surface area contributed by atoms with Crippen LogP contribution in [0.15, 0.2) is 24.3 Å².